The maximum atomic E-state index is 12.4. The molecule has 148 heavy (non-hydrogen) atoms. The van der Waals surface area contributed by atoms with Gasteiger partial charge >= 0.3 is 58.5 Å². The fourth-order valence-corrected chi connectivity index (χ4v) is 137. The van der Waals surface area contributed by atoms with Crippen LogP contribution in [0.4, 0.5) is 14.4 Å². The molecule has 14 rings (SSSR count). The zero-order valence-electron chi connectivity index (χ0n) is 81.5. The van der Waals surface area contributed by atoms with Gasteiger partial charge in [-0.1, -0.05) is 217 Å². The second-order valence-corrected chi connectivity index (χ2v) is 96.8. The Kier molecular flexibility index (Phi) is 60.6. The van der Waals surface area contributed by atoms with Crippen LogP contribution >= 0.6 is 116 Å². The van der Waals surface area contributed by atoms with Gasteiger partial charge in [0.1, 0.15) is 85.2 Å². The molecular weight excluding hydrogens is 2320 g/mol. The summed E-state index contributed by atoms with van der Waals surface area (Å²) in [7, 11) is 2.94. The highest BCUT2D eigenvalue weighted by molar-refractivity contribution is 9.49. The third-order valence-corrected chi connectivity index (χ3v) is 110. The molecule has 0 radical (unpaired) electrons. The Morgan fingerprint density at radius 3 is 0.649 bits per heavy atom. The van der Waals surface area contributed by atoms with Crippen molar-refractivity contribution in [2.45, 2.75) is 100 Å². The highest BCUT2D eigenvalue weighted by Gasteiger charge is 2.48. The first-order chi connectivity index (χ1) is 68.4. The van der Waals surface area contributed by atoms with Crippen LogP contribution in [0.3, 0.4) is 0 Å². The third-order valence-electron chi connectivity index (χ3n) is 16.6. The van der Waals surface area contributed by atoms with E-state index in [0.29, 0.717) is 22.6 Å². The van der Waals surface area contributed by atoms with E-state index in [0.717, 1.165) is 43.0 Å². The third kappa shape index (κ3) is 49.5. The summed E-state index contributed by atoms with van der Waals surface area (Å²) in [6.45, 7) is 20.1. The van der Waals surface area contributed by atoms with Gasteiger partial charge in [0, 0.05) is 53.0 Å². The lowest BCUT2D eigenvalue weighted by Crippen LogP contribution is -2.30. The van der Waals surface area contributed by atoms with Gasteiger partial charge in [-0.05, 0) is 296 Å². The number of aromatic hydroxyl groups is 7. The van der Waals surface area contributed by atoms with Crippen LogP contribution in [-0.2, 0) is 95.5 Å². The van der Waals surface area contributed by atoms with Crippen molar-refractivity contribution in [1.82, 2.24) is 16.0 Å². The van der Waals surface area contributed by atoms with Gasteiger partial charge in [0.05, 0.1) is 43.1 Å². The van der Waals surface area contributed by atoms with Crippen molar-refractivity contribution in [2.75, 3.05) is 40.6 Å². The number of phenolic OH excluding ortho intramolecular Hbond substituents is 5. The fourth-order valence-electron chi connectivity index (χ4n) is 10.2. The Bertz CT molecular complexity index is 6150. The van der Waals surface area contributed by atoms with Gasteiger partial charge in [0.15, 0.2) is 0 Å². The lowest BCUT2D eigenvalue weighted by molar-refractivity contribution is 0.0530. The summed E-state index contributed by atoms with van der Waals surface area (Å²) in [5, 5.41) is 104. The van der Waals surface area contributed by atoms with E-state index in [1.165, 1.54) is 71.6 Å². The number of halogens is 2. The Hall–Kier alpha value is -8.45. The van der Waals surface area contributed by atoms with Gasteiger partial charge in [0.2, 0.25) is 0 Å². The molecule has 53 heteroatoms. The molecule has 11 aromatic rings. The van der Waals surface area contributed by atoms with Crippen LogP contribution in [0.25, 0.3) is 0 Å². The van der Waals surface area contributed by atoms with Gasteiger partial charge in [-0.3, -0.25) is 9.11 Å². The Morgan fingerprint density at radius 1 is 0.318 bits per heavy atom. The number of alkyl halides is 2. The molecule has 11 aromatic carbocycles. The van der Waals surface area contributed by atoms with E-state index in [4.69, 9.17) is 161 Å². The number of nitrogens with two attached hydrogens (primary N) is 2. The molecule has 0 atom stereocenters. The average Bonchev–Trinajstić information content (AvgIpc) is 0.735. The summed E-state index contributed by atoms with van der Waals surface area (Å²) in [5.74, 6) is -2.74. The number of carbonyl (C=O) groups is 8. The fraction of sp³-hybridized carbons (Fsp3) is 0.221. The minimum absolute atomic E-state index is 0. The van der Waals surface area contributed by atoms with Gasteiger partial charge in [0.25, 0.3) is 0 Å². The molecule has 0 aliphatic carbocycles. The van der Waals surface area contributed by atoms with E-state index in [9.17, 15) is 63.9 Å². The number of ether oxygens (including phenoxy) is 5. The predicted octanol–water partition coefficient (Wildman–Crippen LogP) is 23.3. The highest BCUT2D eigenvalue weighted by atomic mass is 35.5. The van der Waals surface area contributed by atoms with Crippen molar-refractivity contribution in [3.8, 4) is 51.7 Å². The Labute approximate surface area is 924 Å². The van der Waals surface area contributed by atoms with Crippen molar-refractivity contribution >= 4 is 277 Å². The normalized spacial score (nSPS) is 17.4. The summed E-state index contributed by atoms with van der Waals surface area (Å²) >= 11 is 55.1. The number of alkyl carbamates (subject to hydrolysis) is 3. The smallest absolute Gasteiger partial charge is 0.407 e. The summed E-state index contributed by atoms with van der Waals surface area (Å²) in [4.78, 5) is 87.0. The van der Waals surface area contributed by atoms with Crippen molar-refractivity contribution in [2.24, 2.45) is 11.5 Å². The SMILES string of the molecule is C.CN.CN.CNC(=O)OC(C)(C)C.CNC(=O)OC(C)(C)C.CNC(=O)OC(C)(C)C.Cc1ccccc1C(=O)O.Cc1ccccc1C(=O)Oc1ccc(P2(=S)SP(=S)(c3ccc(O)cc3)S2)cc1.ClCCl.O=C(O)c1ccccc1O.O=C(O)c1ccccc1O.O=C(Oc1ccc(P2(=S)SP(=S)(c3ccc(O)cc3)S2)cc1)c1ccccc1O.O=S(=O)(O)O.Oc1ccc(P2(=S)SP(=S)(c3ccc(O)cc3)S2)cc1. The summed E-state index contributed by atoms with van der Waals surface area (Å²) in [5.41, 5.74) is 10.4. The number of esters is 2. The first-order valence-corrected chi connectivity index (χ1v) is 73.4. The predicted molar refractivity (Wildman–Crippen MR) is 635 cm³/mol. The van der Waals surface area contributed by atoms with Crippen LogP contribution < -0.4 is 68.7 Å². The number of benzene rings is 11. The number of hydrogen-bond acceptors (Lipinski definition) is 36. The molecule has 0 unspecified atom stereocenters. The number of aromatic carboxylic acids is 3. The average molecular weight is 2430 g/mol. The molecule has 3 amide bonds. The maximum absolute atomic E-state index is 12.4. The molecule has 19 N–H and O–H groups in total. The van der Waals surface area contributed by atoms with Crippen molar-refractivity contribution in [1.29, 1.82) is 0 Å². The number of rotatable bonds is 13. The quantitative estimate of drug-likeness (QED) is 0.0127. The van der Waals surface area contributed by atoms with Crippen molar-refractivity contribution in [3.05, 3.63) is 306 Å². The van der Waals surface area contributed by atoms with Gasteiger partial charge in [-0.25, -0.2) is 38.4 Å². The topological polar surface area (TPSA) is 548 Å². The van der Waals surface area contributed by atoms with E-state index < -0.39 is 60.9 Å². The molecule has 3 fully saturated rings. The molecule has 3 saturated heterocycles. The van der Waals surface area contributed by atoms with Crippen LogP contribution in [0.5, 0.6) is 51.7 Å². The molecule has 0 bridgehead atoms. The minimum Gasteiger partial charge on any atom is -0.508 e. The van der Waals surface area contributed by atoms with Gasteiger partial charge < -0.3 is 102 Å². The molecule has 32 nitrogen and oxygen atoms in total. The number of hydrogen-bond donors (Lipinski definition) is 17. The van der Waals surface area contributed by atoms with E-state index in [1.54, 1.807) is 206 Å². The minimum atomic E-state index is -4.67. The monoisotopic (exact) mass is 2430 g/mol. The number of carboxylic acid groups (broad SMARTS) is 3. The van der Waals surface area contributed by atoms with Crippen LogP contribution in [0.1, 0.15) is 133 Å². The van der Waals surface area contributed by atoms with Crippen molar-refractivity contribution < 1.29 is 131 Å². The number of phenols is 7. The lowest BCUT2D eigenvalue weighted by atomic mass is 10.1. The van der Waals surface area contributed by atoms with Crippen LogP contribution in [0.2, 0.25) is 0 Å². The van der Waals surface area contributed by atoms with Crippen LogP contribution in [0.15, 0.2) is 267 Å². The number of carboxylic acids is 3. The number of aryl methyl sites for hydroxylation is 2. The molecule has 0 spiro atoms. The Balaban J connectivity index is 0.000000855. The van der Waals surface area contributed by atoms with Crippen LogP contribution in [-0.4, -0.2) is 174 Å². The number of para-hydroxylation sites is 3. The largest absolute Gasteiger partial charge is 0.508 e. The summed E-state index contributed by atoms with van der Waals surface area (Å²) < 4.78 is 46.1. The Morgan fingerprint density at radius 2 is 0.486 bits per heavy atom. The summed E-state index contributed by atoms with van der Waals surface area (Å²) in [6, 6.07) is 75.2. The standard InChI is InChI=1S/C20H16O3P2S4.C19H14O4P2S4.C12H10O2P2S4.C8H8O2.2C7H6O3.3C6H13NO2.CH2Cl2.2CH5N.CH4.H2O4S/c1-14-4-2-3-5-19(14)20(22)23-16-8-12-18(13-9-16)25(27)28-24(26,29-25)17-10-6-15(21)7-11-17;20-13-5-9-15(10-6-13)24(26)28-25(27,29-24)16-11-7-14(8-12-16)23-19(22)17-3-1-2-4-18(17)21;13-9-1-5-11(6-2-9)15(17)19-16(18,20-15)12-7-3-10(14)4-8-12;1-6-4-2-3-5-7(6)8(9)10;2*8-6-4-2-1-3-5(6)7(9)10;3*1-6(2,3)9-5(8)7-4;2-1-3;2*1-2;;1-5(2,3)4/h2-13,21H,1H3;1-12,20-21H;1-8,13-14H;2-5H,1H3,(H,9,10);2*1-4,8H,(H,9,10);3*1-4H3,(H,7,8);1H2;2*2H2,1H3;1H4;(H2,1,2,3,4). The highest BCUT2D eigenvalue weighted by Crippen LogP contribution is 3.05. The number of nitrogens with one attached hydrogen (secondary N) is 3. The maximum Gasteiger partial charge on any atom is 0.407 e. The molecule has 3 aliphatic heterocycles. The van der Waals surface area contributed by atoms with Crippen LogP contribution in [0, 0.1) is 13.8 Å². The number of amides is 3. The second-order valence-electron chi connectivity index (χ2n) is 31.2. The summed E-state index contributed by atoms with van der Waals surface area (Å²) in [6.07, 6.45) is -1.16. The van der Waals surface area contributed by atoms with Gasteiger partial charge in [-0.2, -0.15) is 8.42 Å². The van der Waals surface area contributed by atoms with E-state index in [1.807, 2.05) is 166 Å². The van der Waals surface area contributed by atoms with E-state index in [-0.39, 0.29) is 111 Å². The molecular formula is C95H117Cl2N5O27P6S13. The van der Waals surface area contributed by atoms with Crippen molar-refractivity contribution in [3.63, 3.8) is 0 Å². The first-order valence-electron chi connectivity index (χ1n) is 42.0. The van der Waals surface area contributed by atoms with E-state index in [2.05, 4.69) is 27.4 Å². The molecule has 806 valence electrons. The molecule has 3 heterocycles. The zero-order valence-corrected chi connectivity index (χ0v) is 99.0. The second kappa shape index (κ2) is 65.2. The molecule has 0 saturated carbocycles. The molecule has 3 aliphatic rings. The first kappa shape index (κ1) is 138. The zero-order chi connectivity index (χ0) is 112. The van der Waals surface area contributed by atoms with E-state index >= 15 is 0 Å². The molecule has 0 aromatic heterocycles. The number of carbonyl (C=O) groups excluding carboxylic acids is 5. The van der Waals surface area contributed by atoms with Gasteiger partial charge in [-0.15, -0.1) is 23.2 Å². The lowest BCUT2D eigenvalue weighted by Gasteiger charge is -2.40.